The fraction of sp³-hybridized carbons (Fsp3) is 0.250. The predicted molar refractivity (Wildman–Crippen MR) is 88.5 cm³/mol. The molecule has 2 rings (SSSR count). The number of anilines is 2. The summed E-state index contributed by atoms with van der Waals surface area (Å²) in [6.07, 6.45) is 1.59. The van der Waals surface area contributed by atoms with E-state index in [0.717, 1.165) is 21.8 Å². The van der Waals surface area contributed by atoms with Crippen LogP contribution >= 0.6 is 11.8 Å². The molecule has 0 radical (unpaired) electrons. The van der Waals surface area contributed by atoms with Gasteiger partial charge in [-0.1, -0.05) is 23.9 Å². The number of benzene rings is 1. The van der Waals surface area contributed by atoms with Crippen molar-refractivity contribution in [1.29, 1.82) is 0 Å². The van der Waals surface area contributed by atoms with Crippen molar-refractivity contribution in [2.45, 2.75) is 31.0 Å². The number of hydrogen-bond donors (Lipinski definition) is 2. The number of hydrogen-bond acceptors (Lipinski definition) is 4. The zero-order valence-electron chi connectivity index (χ0n) is 12.4. The Hall–Kier alpha value is -2.01. The predicted octanol–water partition coefficient (Wildman–Crippen LogP) is 3.40. The first-order chi connectivity index (χ1) is 9.97. The molecule has 0 aliphatic heterocycles. The summed E-state index contributed by atoms with van der Waals surface area (Å²) >= 11 is 1.41. The van der Waals surface area contributed by atoms with Crippen molar-refractivity contribution in [3.8, 4) is 0 Å². The number of carbonyl (C=O) groups is 1. The van der Waals surface area contributed by atoms with Crippen LogP contribution in [0.3, 0.4) is 0 Å². The molecule has 3 N–H and O–H groups in total. The van der Waals surface area contributed by atoms with Crippen molar-refractivity contribution < 1.29 is 4.79 Å². The molecule has 0 spiro atoms. The summed E-state index contributed by atoms with van der Waals surface area (Å²) in [5.41, 5.74) is 9.33. The van der Waals surface area contributed by atoms with E-state index in [1.54, 1.807) is 12.3 Å². The highest BCUT2D eigenvalue weighted by atomic mass is 32.2. The standard InChI is InChI=1S/C16H19N3OS/c1-10-5-4-6-14(11(10)2)19-16(20)12(3)21-15-8-7-13(17)9-18-15/h4-9,12H,17H2,1-3H3,(H,19,20). The Bertz CT molecular complexity index is 640. The van der Waals surface area contributed by atoms with Gasteiger partial charge in [-0.05, 0) is 50.1 Å². The molecule has 0 saturated heterocycles. The zero-order chi connectivity index (χ0) is 15.4. The molecule has 4 nitrogen and oxygen atoms in total. The van der Waals surface area contributed by atoms with Crippen molar-refractivity contribution in [1.82, 2.24) is 4.98 Å². The van der Waals surface area contributed by atoms with Gasteiger partial charge in [0.05, 0.1) is 22.2 Å². The number of nitrogen functional groups attached to an aromatic ring is 1. The van der Waals surface area contributed by atoms with Crippen LogP contribution in [0.15, 0.2) is 41.6 Å². The number of aromatic nitrogens is 1. The van der Waals surface area contributed by atoms with Gasteiger partial charge >= 0.3 is 0 Å². The Morgan fingerprint density at radius 3 is 2.71 bits per heavy atom. The highest BCUT2D eigenvalue weighted by Gasteiger charge is 2.16. The molecule has 1 heterocycles. The van der Waals surface area contributed by atoms with Gasteiger partial charge in [0.15, 0.2) is 0 Å². The summed E-state index contributed by atoms with van der Waals surface area (Å²) < 4.78 is 0. The van der Waals surface area contributed by atoms with E-state index in [1.165, 1.54) is 11.8 Å². The van der Waals surface area contributed by atoms with Crippen LogP contribution in [-0.4, -0.2) is 16.1 Å². The molecule has 0 aliphatic rings. The van der Waals surface area contributed by atoms with Crippen LogP contribution in [0.5, 0.6) is 0 Å². The van der Waals surface area contributed by atoms with E-state index in [-0.39, 0.29) is 11.2 Å². The summed E-state index contributed by atoms with van der Waals surface area (Å²) in [4.78, 5) is 16.5. The van der Waals surface area contributed by atoms with Gasteiger partial charge in [-0.15, -0.1) is 0 Å². The molecule has 1 unspecified atom stereocenters. The molecular weight excluding hydrogens is 282 g/mol. The molecule has 0 aliphatic carbocycles. The van der Waals surface area contributed by atoms with Crippen molar-refractivity contribution in [2.75, 3.05) is 11.1 Å². The normalized spacial score (nSPS) is 12.0. The highest BCUT2D eigenvalue weighted by Crippen LogP contribution is 2.24. The van der Waals surface area contributed by atoms with Gasteiger partial charge in [0, 0.05) is 5.69 Å². The quantitative estimate of drug-likeness (QED) is 0.849. The maximum Gasteiger partial charge on any atom is 0.237 e. The summed E-state index contributed by atoms with van der Waals surface area (Å²) in [5.74, 6) is -0.0349. The van der Waals surface area contributed by atoms with Gasteiger partial charge in [0.25, 0.3) is 0 Å². The van der Waals surface area contributed by atoms with E-state index in [2.05, 4.69) is 10.3 Å². The van der Waals surface area contributed by atoms with Crippen molar-refractivity contribution in [3.63, 3.8) is 0 Å². The minimum atomic E-state index is -0.235. The smallest absolute Gasteiger partial charge is 0.237 e. The molecule has 5 heteroatoms. The highest BCUT2D eigenvalue weighted by molar-refractivity contribution is 8.00. The number of carbonyl (C=O) groups excluding carboxylic acids is 1. The number of nitrogens with one attached hydrogen (secondary N) is 1. The van der Waals surface area contributed by atoms with Gasteiger partial charge in [-0.3, -0.25) is 4.79 Å². The Labute approximate surface area is 129 Å². The number of pyridine rings is 1. The Balaban J connectivity index is 2.02. The minimum Gasteiger partial charge on any atom is -0.397 e. The molecule has 0 saturated carbocycles. The van der Waals surface area contributed by atoms with Gasteiger partial charge in [0.2, 0.25) is 5.91 Å². The summed E-state index contributed by atoms with van der Waals surface area (Å²) in [6, 6.07) is 9.49. The molecule has 1 aromatic carbocycles. The van der Waals surface area contributed by atoms with Crippen LogP contribution in [-0.2, 0) is 4.79 Å². The van der Waals surface area contributed by atoms with Crippen LogP contribution in [0.4, 0.5) is 11.4 Å². The monoisotopic (exact) mass is 301 g/mol. The van der Waals surface area contributed by atoms with Crippen LogP contribution in [0, 0.1) is 13.8 Å². The van der Waals surface area contributed by atoms with Gasteiger partial charge < -0.3 is 11.1 Å². The molecule has 2 aromatic rings. The third kappa shape index (κ3) is 3.98. The summed E-state index contributed by atoms with van der Waals surface area (Å²) in [6.45, 7) is 5.90. The Morgan fingerprint density at radius 1 is 1.29 bits per heavy atom. The first-order valence-electron chi connectivity index (χ1n) is 6.72. The molecular formula is C16H19N3OS. The second-order valence-corrected chi connectivity index (χ2v) is 6.29. The number of nitrogens with two attached hydrogens (primary N) is 1. The Kier molecular flexibility index (Phi) is 4.85. The lowest BCUT2D eigenvalue weighted by Crippen LogP contribution is -2.23. The first-order valence-corrected chi connectivity index (χ1v) is 7.60. The van der Waals surface area contributed by atoms with E-state index in [4.69, 9.17) is 5.73 Å². The van der Waals surface area contributed by atoms with Crippen molar-refractivity contribution in [2.24, 2.45) is 0 Å². The molecule has 1 atom stereocenters. The SMILES string of the molecule is Cc1cccc(NC(=O)C(C)Sc2ccc(N)cn2)c1C. The molecule has 0 bridgehead atoms. The van der Waals surface area contributed by atoms with E-state index >= 15 is 0 Å². The van der Waals surface area contributed by atoms with E-state index < -0.39 is 0 Å². The van der Waals surface area contributed by atoms with Gasteiger partial charge in [0.1, 0.15) is 0 Å². The van der Waals surface area contributed by atoms with Crippen molar-refractivity contribution in [3.05, 3.63) is 47.7 Å². The van der Waals surface area contributed by atoms with E-state index in [1.807, 2.05) is 45.0 Å². The fourth-order valence-electron chi connectivity index (χ4n) is 1.82. The fourth-order valence-corrected chi connectivity index (χ4v) is 2.61. The average Bonchev–Trinajstić information content (AvgIpc) is 2.46. The number of aryl methyl sites for hydroxylation is 1. The van der Waals surface area contributed by atoms with Crippen molar-refractivity contribution >= 4 is 29.0 Å². The summed E-state index contributed by atoms with van der Waals surface area (Å²) in [5, 5.41) is 3.52. The second-order valence-electron chi connectivity index (χ2n) is 4.93. The second kappa shape index (κ2) is 6.63. The minimum absolute atomic E-state index is 0.0349. The average molecular weight is 301 g/mol. The maximum absolute atomic E-state index is 12.3. The zero-order valence-corrected chi connectivity index (χ0v) is 13.2. The maximum atomic E-state index is 12.3. The van der Waals surface area contributed by atoms with Gasteiger partial charge in [-0.25, -0.2) is 4.98 Å². The van der Waals surface area contributed by atoms with Crippen LogP contribution in [0.2, 0.25) is 0 Å². The molecule has 1 amide bonds. The lowest BCUT2D eigenvalue weighted by molar-refractivity contribution is -0.115. The third-order valence-corrected chi connectivity index (χ3v) is 4.34. The molecule has 110 valence electrons. The number of nitrogens with zero attached hydrogens (tertiary/aromatic N) is 1. The van der Waals surface area contributed by atoms with Crippen LogP contribution < -0.4 is 11.1 Å². The van der Waals surface area contributed by atoms with Gasteiger partial charge in [-0.2, -0.15) is 0 Å². The van der Waals surface area contributed by atoms with E-state index in [9.17, 15) is 4.79 Å². The lowest BCUT2D eigenvalue weighted by atomic mass is 10.1. The Morgan fingerprint density at radius 2 is 2.05 bits per heavy atom. The van der Waals surface area contributed by atoms with E-state index in [0.29, 0.717) is 5.69 Å². The van der Waals surface area contributed by atoms with Crippen LogP contribution in [0.1, 0.15) is 18.1 Å². The molecule has 0 fully saturated rings. The van der Waals surface area contributed by atoms with Crippen LogP contribution in [0.25, 0.3) is 0 Å². The molecule has 1 aromatic heterocycles. The summed E-state index contributed by atoms with van der Waals surface area (Å²) in [7, 11) is 0. The first kappa shape index (κ1) is 15.4. The number of amides is 1. The lowest BCUT2D eigenvalue weighted by Gasteiger charge is -2.14. The third-order valence-electron chi connectivity index (χ3n) is 3.29. The topological polar surface area (TPSA) is 68.0 Å². The number of thioether (sulfide) groups is 1. The largest absolute Gasteiger partial charge is 0.397 e. The molecule has 21 heavy (non-hydrogen) atoms. The number of rotatable bonds is 4.